The van der Waals surface area contributed by atoms with Gasteiger partial charge in [-0.15, -0.1) is 0 Å². The molecule has 0 radical (unpaired) electrons. The van der Waals surface area contributed by atoms with Crippen molar-refractivity contribution >= 4 is 22.3 Å². The molecule has 1 rings (SSSR count). The lowest BCUT2D eigenvalue weighted by Crippen LogP contribution is -2.37. The zero-order chi connectivity index (χ0) is 12.9. The molecule has 0 aliphatic rings. The predicted molar refractivity (Wildman–Crippen MR) is 58.9 cm³/mol. The van der Waals surface area contributed by atoms with Crippen LogP contribution < -0.4 is 4.72 Å². The van der Waals surface area contributed by atoms with Crippen molar-refractivity contribution in [1.29, 1.82) is 0 Å². The molecule has 1 aromatic carbocycles. The van der Waals surface area contributed by atoms with Crippen LogP contribution in [0.2, 0.25) is 0 Å². The average molecular weight is 257 g/mol. The normalized spacial score (nSPS) is 12.9. The highest BCUT2D eigenvalue weighted by Gasteiger charge is 2.21. The van der Waals surface area contributed by atoms with Crippen LogP contribution in [0.25, 0.3) is 0 Å². The number of hydrogen-bond donors (Lipinski definition) is 2. The van der Waals surface area contributed by atoms with Crippen LogP contribution in [-0.2, 0) is 19.6 Å². The molecule has 0 heterocycles. The third-order valence-electron chi connectivity index (χ3n) is 1.92. The van der Waals surface area contributed by atoms with Gasteiger partial charge in [-0.05, 0) is 12.1 Å². The summed E-state index contributed by atoms with van der Waals surface area (Å²) in [6.07, 6.45) is -0.329. The Bertz CT molecular complexity index is 497. The maximum absolute atomic E-state index is 11.7. The molecular weight excluding hydrogens is 246 g/mol. The molecule has 0 aromatic heterocycles. The van der Waals surface area contributed by atoms with E-state index in [0.29, 0.717) is 0 Å². The Balaban J connectivity index is 2.86. The molecule has 7 heteroatoms. The number of carboxylic acids is 1. The first kappa shape index (κ1) is 13.3. The lowest BCUT2D eigenvalue weighted by atomic mass is 10.2. The molecule has 0 fully saturated rings. The summed E-state index contributed by atoms with van der Waals surface area (Å²) in [7, 11) is -3.86. The molecule has 0 aliphatic carbocycles. The fourth-order valence-corrected chi connectivity index (χ4v) is 2.36. The molecule has 0 bridgehead atoms. The molecule has 1 atom stereocenters. The summed E-state index contributed by atoms with van der Waals surface area (Å²) < 4.78 is 25.5. The minimum absolute atomic E-state index is 0.0164. The fourth-order valence-electron chi connectivity index (χ4n) is 1.17. The van der Waals surface area contributed by atoms with Gasteiger partial charge in [0.25, 0.3) is 0 Å². The van der Waals surface area contributed by atoms with E-state index in [9.17, 15) is 18.0 Å². The van der Waals surface area contributed by atoms with Crippen molar-refractivity contribution in [1.82, 2.24) is 4.72 Å². The lowest BCUT2D eigenvalue weighted by Gasteiger charge is -2.10. The highest BCUT2D eigenvalue weighted by atomic mass is 32.2. The molecule has 0 amide bonds. The number of rotatable bonds is 6. The number of carbonyl (C=O) groups excluding carboxylic acids is 1. The van der Waals surface area contributed by atoms with Crippen LogP contribution in [-0.4, -0.2) is 31.8 Å². The fraction of sp³-hybridized carbons (Fsp3) is 0.200. The van der Waals surface area contributed by atoms with Crippen LogP contribution in [0.3, 0.4) is 0 Å². The van der Waals surface area contributed by atoms with Gasteiger partial charge in [-0.2, -0.15) is 0 Å². The van der Waals surface area contributed by atoms with E-state index in [4.69, 9.17) is 5.11 Å². The van der Waals surface area contributed by atoms with Crippen LogP contribution in [0.4, 0.5) is 0 Å². The van der Waals surface area contributed by atoms with Gasteiger partial charge in [0.2, 0.25) is 10.0 Å². The second-order valence-electron chi connectivity index (χ2n) is 3.27. The van der Waals surface area contributed by atoms with Crippen molar-refractivity contribution in [2.24, 2.45) is 0 Å². The van der Waals surface area contributed by atoms with E-state index in [0.717, 1.165) is 0 Å². The Kier molecular flexibility index (Phi) is 4.36. The second-order valence-corrected chi connectivity index (χ2v) is 4.99. The van der Waals surface area contributed by atoms with Gasteiger partial charge in [-0.3, -0.25) is 4.79 Å². The summed E-state index contributed by atoms with van der Waals surface area (Å²) in [4.78, 5) is 20.9. The molecule has 0 saturated heterocycles. The van der Waals surface area contributed by atoms with Crippen LogP contribution in [0, 0.1) is 0 Å². The van der Waals surface area contributed by atoms with Crippen LogP contribution in [0.1, 0.15) is 6.42 Å². The van der Waals surface area contributed by atoms with Gasteiger partial charge in [-0.1, -0.05) is 18.2 Å². The molecular formula is C10H11NO5S. The predicted octanol–water partition coefficient (Wildman–Crippen LogP) is 0.00710. The number of hydrogen-bond acceptors (Lipinski definition) is 4. The molecule has 0 spiro atoms. The molecule has 0 aliphatic heterocycles. The monoisotopic (exact) mass is 257 g/mol. The average Bonchev–Trinajstić information content (AvgIpc) is 2.28. The summed E-state index contributed by atoms with van der Waals surface area (Å²) in [5.74, 6) is -1.25. The van der Waals surface area contributed by atoms with E-state index >= 15 is 0 Å². The van der Waals surface area contributed by atoms with Gasteiger partial charge in [0.15, 0.2) is 0 Å². The summed E-state index contributed by atoms with van der Waals surface area (Å²) >= 11 is 0. The van der Waals surface area contributed by atoms with E-state index in [2.05, 4.69) is 0 Å². The molecule has 1 aromatic rings. The van der Waals surface area contributed by atoms with Crippen molar-refractivity contribution in [3.05, 3.63) is 30.3 Å². The molecule has 6 nitrogen and oxygen atoms in total. The third kappa shape index (κ3) is 3.97. The maximum atomic E-state index is 11.7. The van der Waals surface area contributed by atoms with Crippen molar-refractivity contribution in [2.75, 3.05) is 0 Å². The van der Waals surface area contributed by atoms with Gasteiger partial charge in [0.1, 0.15) is 6.29 Å². The van der Waals surface area contributed by atoms with Gasteiger partial charge in [0.05, 0.1) is 17.4 Å². The van der Waals surface area contributed by atoms with Gasteiger partial charge >= 0.3 is 5.97 Å². The van der Waals surface area contributed by atoms with Crippen molar-refractivity contribution in [3.63, 3.8) is 0 Å². The maximum Gasteiger partial charge on any atom is 0.305 e. The Morgan fingerprint density at radius 1 is 1.35 bits per heavy atom. The summed E-state index contributed by atoms with van der Waals surface area (Å²) in [5.41, 5.74) is 0. The van der Waals surface area contributed by atoms with E-state index in [1.165, 1.54) is 24.3 Å². The number of aldehydes is 1. The largest absolute Gasteiger partial charge is 0.481 e. The zero-order valence-corrected chi connectivity index (χ0v) is 9.55. The number of sulfonamides is 1. The zero-order valence-electron chi connectivity index (χ0n) is 8.74. The Morgan fingerprint density at radius 2 is 1.94 bits per heavy atom. The summed E-state index contributed by atoms with van der Waals surface area (Å²) in [6, 6.07) is 6.14. The smallest absolute Gasteiger partial charge is 0.305 e. The summed E-state index contributed by atoms with van der Waals surface area (Å²) in [5, 5.41) is 8.49. The Hall–Kier alpha value is -1.73. The molecule has 2 N–H and O–H groups in total. The van der Waals surface area contributed by atoms with E-state index in [1.54, 1.807) is 6.07 Å². The molecule has 92 valence electrons. The van der Waals surface area contributed by atoms with Crippen molar-refractivity contribution in [2.45, 2.75) is 17.4 Å². The first-order valence-corrected chi connectivity index (χ1v) is 6.18. The van der Waals surface area contributed by atoms with E-state index < -0.39 is 28.5 Å². The SMILES string of the molecule is O=CC(CC(=O)O)NS(=O)(=O)c1ccccc1. The van der Waals surface area contributed by atoms with Gasteiger partial charge in [-0.25, -0.2) is 13.1 Å². The Labute approximate surface area is 98.3 Å². The highest BCUT2D eigenvalue weighted by molar-refractivity contribution is 7.89. The van der Waals surface area contributed by atoms with Crippen LogP contribution >= 0.6 is 0 Å². The van der Waals surface area contributed by atoms with Crippen LogP contribution in [0.5, 0.6) is 0 Å². The first-order valence-electron chi connectivity index (χ1n) is 4.70. The van der Waals surface area contributed by atoms with Crippen LogP contribution in [0.15, 0.2) is 35.2 Å². The molecule has 1 unspecified atom stereocenters. The van der Waals surface area contributed by atoms with E-state index in [-0.39, 0.29) is 11.2 Å². The second kappa shape index (κ2) is 5.55. The number of carboxylic acid groups (broad SMARTS) is 1. The third-order valence-corrected chi connectivity index (χ3v) is 3.42. The number of benzene rings is 1. The standard InChI is InChI=1S/C10H11NO5S/c12-7-8(6-10(13)14)11-17(15,16)9-4-2-1-3-5-9/h1-5,7-8,11H,6H2,(H,13,14). The highest BCUT2D eigenvalue weighted by Crippen LogP contribution is 2.08. The van der Waals surface area contributed by atoms with Gasteiger partial charge in [0, 0.05) is 0 Å². The van der Waals surface area contributed by atoms with Crippen molar-refractivity contribution < 1.29 is 23.1 Å². The minimum atomic E-state index is -3.86. The number of carbonyl (C=O) groups is 2. The molecule has 17 heavy (non-hydrogen) atoms. The van der Waals surface area contributed by atoms with Gasteiger partial charge < -0.3 is 9.90 Å². The lowest BCUT2D eigenvalue weighted by molar-refractivity contribution is -0.138. The first-order chi connectivity index (χ1) is 7.95. The summed E-state index contributed by atoms with van der Waals surface area (Å²) in [6.45, 7) is 0. The quantitative estimate of drug-likeness (QED) is 0.699. The topological polar surface area (TPSA) is 101 Å². The number of nitrogens with one attached hydrogen (secondary N) is 1. The number of aliphatic carboxylic acids is 1. The van der Waals surface area contributed by atoms with Crippen molar-refractivity contribution in [3.8, 4) is 0 Å². The molecule has 0 saturated carbocycles. The Morgan fingerprint density at radius 3 is 2.41 bits per heavy atom. The van der Waals surface area contributed by atoms with E-state index in [1.807, 2.05) is 4.72 Å². The minimum Gasteiger partial charge on any atom is -0.481 e.